The Morgan fingerprint density at radius 1 is 1.40 bits per heavy atom. The molecule has 0 saturated heterocycles. The van der Waals surface area contributed by atoms with Gasteiger partial charge in [-0.15, -0.1) is 0 Å². The highest BCUT2D eigenvalue weighted by Crippen LogP contribution is 1.94. The Hall–Kier alpha value is -2.09. The largest absolute Gasteiger partial charge is 0.481 e. The number of aliphatic carboxylic acids is 2. The van der Waals surface area contributed by atoms with Gasteiger partial charge in [0.25, 0.3) is 0 Å². The predicted molar refractivity (Wildman–Crippen MR) is 46.2 cm³/mol. The quantitative estimate of drug-likeness (QED) is 0.310. The molecule has 8 heteroatoms. The average molecular weight is 218 g/mol. The van der Waals surface area contributed by atoms with Crippen LogP contribution in [-0.2, 0) is 19.2 Å². The molecule has 0 aliphatic carbocycles. The first kappa shape index (κ1) is 12.9. The molecule has 0 unspecified atom stereocenters. The van der Waals surface area contributed by atoms with E-state index >= 15 is 0 Å². The van der Waals surface area contributed by atoms with E-state index in [2.05, 4.69) is 16.1 Å². The van der Waals surface area contributed by atoms with Crippen LogP contribution in [0.15, 0.2) is 12.3 Å². The molecule has 0 aromatic heterocycles. The van der Waals surface area contributed by atoms with Crippen molar-refractivity contribution in [2.24, 2.45) is 5.90 Å². The van der Waals surface area contributed by atoms with Gasteiger partial charge < -0.3 is 20.4 Å². The maximum Gasteiger partial charge on any atom is 0.347 e. The van der Waals surface area contributed by atoms with Gasteiger partial charge in [-0.3, -0.25) is 4.79 Å². The number of nitrogens with two attached hydrogens (primary N) is 1. The summed E-state index contributed by atoms with van der Waals surface area (Å²) in [6.07, 6.45) is 1.06. The monoisotopic (exact) mass is 218 g/mol. The highest BCUT2D eigenvalue weighted by atomic mass is 16.7. The van der Waals surface area contributed by atoms with Gasteiger partial charge in [0.1, 0.15) is 6.04 Å². The van der Waals surface area contributed by atoms with Gasteiger partial charge in [-0.1, -0.05) is 0 Å². The van der Waals surface area contributed by atoms with Crippen molar-refractivity contribution in [3.8, 4) is 0 Å². The molecule has 0 radical (unpaired) electrons. The smallest absolute Gasteiger partial charge is 0.347 e. The molecule has 0 amide bonds. The molecule has 0 heterocycles. The Kier molecular flexibility index (Phi) is 5.49. The fourth-order valence-corrected chi connectivity index (χ4v) is 0.703. The standard InChI is InChI=1S/C7H10N2O6/c8-15-7(14)4(3-6(12)13)9-2-1-5(10)11/h1-2,4,9H,3,8H2,(H,10,11)(H,12,13)/t4-/m0/s1. The molecule has 0 aromatic rings. The van der Waals surface area contributed by atoms with E-state index in [1.807, 2.05) is 0 Å². The van der Waals surface area contributed by atoms with Crippen LogP contribution in [0.1, 0.15) is 6.42 Å². The van der Waals surface area contributed by atoms with E-state index in [9.17, 15) is 14.4 Å². The lowest BCUT2D eigenvalue weighted by molar-refractivity contribution is -0.150. The van der Waals surface area contributed by atoms with Gasteiger partial charge in [0.15, 0.2) is 0 Å². The third kappa shape index (κ3) is 6.05. The van der Waals surface area contributed by atoms with Gasteiger partial charge in [-0.25, -0.2) is 9.59 Å². The summed E-state index contributed by atoms with van der Waals surface area (Å²) >= 11 is 0. The van der Waals surface area contributed by atoms with Crippen molar-refractivity contribution in [2.75, 3.05) is 0 Å². The highest BCUT2D eigenvalue weighted by Gasteiger charge is 2.21. The lowest BCUT2D eigenvalue weighted by Gasteiger charge is -2.11. The van der Waals surface area contributed by atoms with Crippen molar-refractivity contribution >= 4 is 17.9 Å². The van der Waals surface area contributed by atoms with E-state index in [0.717, 1.165) is 6.20 Å². The second-order valence-electron chi connectivity index (χ2n) is 2.43. The summed E-state index contributed by atoms with van der Waals surface area (Å²) in [5, 5.41) is 18.9. The van der Waals surface area contributed by atoms with Gasteiger partial charge in [-0.2, -0.15) is 5.90 Å². The van der Waals surface area contributed by atoms with Crippen LogP contribution < -0.4 is 11.2 Å². The van der Waals surface area contributed by atoms with Crippen molar-refractivity contribution in [2.45, 2.75) is 12.5 Å². The summed E-state index contributed by atoms with van der Waals surface area (Å²) in [6, 6.07) is -1.22. The summed E-state index contributed by atoms with van der Waals surface area (Å²) in [4.78, 5) is 35.1. The minimum Gasteiger partial charge on any atom is -0.481 e. The zero-order valence-corrected chi connectivity index (χ0v) is 7.54. The number of carboxylic acid groups (broad SMARTS) is 2. The van der Waals surface area contributed by atoms with Crippen LogP contribution in [0.4, 0.5) is 0 Å². The van der Waals surface area contributed by atoms with Crippen molar-refractivity contribution in [3.63, 3.8) is 0 Å². The number of hydrogen-bond donors (Lipinski definition) is 4. The normalized spacial score (nSPS) is 12.1. The first-order chi connectivity index (χ1) is 6.97. The molecular weight excluding hydrogens is 208 g/mol. The predicted octanol–water partition coefficient (Wildman–Crippen LogP) is -1.57. The molecule has 0 saturated carbocycles. The SMILES string of the molecule is NOC(=O)[C@H](CC(=O)O)NC=CC(=O)O. The lowest BCUT2D eigenvalue weighted by atomic mass is 10.2. The molecule has 0 rings (SSSR count). The topological polar surface area (TPSA) is 139 Å². The molecule has 15 heavy (non-hydrogen) atoms. The summed E-state index contributed by atoms with van der Waals surface area (Å²) in [6.45, 7) is 0. The molecule has 0 bridgehead atoms. The zero-order chi connectivity index (χ0) is 11.8. The fraction of sp³-hybridized carbons (Fsp3) is 0.286. The summed E-state index contributed by atoms with van der Waals surface area (Å²) in [5.41, 5.74) is 0. The zero-order valence-electron chi connectivity index (χ0n) is 7.54. The molecule has 0 aliphatic heterocycles. The molecule has 84 valence electrons. The third-order valence-corrected chi connectivity index (χ3v) is 1.30. The van der Waals surface area contributed by atoms with Gasteiger partial charge in [0.2, 0.25) is 0 Å². The maximum atomic E-state index is 10.9. The lowest BCUT2D eigenvalue weighted by Crippen LogP contribution is -2.38. The Labute approximate surface area is 84.3 Å². The Balaban J connectivity index is 4.31. The maximum absolute atomic E-state index is 10.9. The molecule has 5 N–H and O–H groups in total. The molecule has 8 nitrogen and oxygen atoms in total. The number of carbonyl (C=O) groups is 3. The van der Waals surface area contributed by atoms with Crippen LogP contribution >= 0.6 is 0 Å². The van der Waals surface area contributed by atoms with E-state index in [1.54, 1.807) is 0 Å². The number of rotatable bonds is 6. The van der Waals surface area contributed by atoms with Crippen molar-refractivity contribution in [3.05, 3.63) is 12.3 Å². The van der Waals surface area contributed by atoms with Gasteiger partial charge >= 0.3 is 17.9 Å². The van der Waals surface area contributed by atoms with E-state index in [-0.39, 0.29) is 0 Å². The molecule has 0 aliphatic rings. The minimum atomic E-state index is -1.25. The van der Waals surface area contributed by atoms with Crippen molar-refractivity contribution < 1.29 is 29.4 Å². The van der Waals surface area contributed by atoms with E-state index < -0.39 is 30.4 Å². The first-order valence-corrected chi connectivity index (χ1v) is 3.75. The van der Waals surface area contributed by atoms with Crippen LogP contribution in [0.2, 0.25) is 0 Å². The Bertz CT molecular complexity index is 287. The highest BCUT2D eigenvalue weighted by molar-refractivity contribution is 5.82. The Morgan fingerprint density at radius 3 is 2.40 bits per heavy atom. The van der Waals surface area contributed by atoms with Crippen LogP contribution in [0.25, 0.3) is 0 Å². The molecular formula is C7H10N2O6. The second kappa shape index (κ2) is 6.38. The third-order valence-electron chi connectivity index (χ3n) is 1.30. The summed E-state index contributed by atoms with van der Waals surface area (Å²) < 4.78 is 0. The second-order valence-corrected chi connectivity index (χ2v) is 2.43. The number of hydrogen-bond acceptors (Lipinski definition) is 6. The van der Waals surface area contributed by atoms with Gasteiger partial charge in [0, 0.05) is 12.3 Å². The van der Waals surface area contributed by atoms with E-state index in [1.165, 1.54) is 0 Å². The van der Waals surface area contributed by atoms with Crippen LogP contribution in [0, 0.1) is 0 Å². The van der Waals surface area contributed by atoms with Crippen LogP contribution in [0.5, 0.6) is 0 Å². The van der Waals surface area contributed by atoms with Crippen molar-refractivity contribution in [1.82, 2.24) is 5.32 Å². The summed E-state index contributed by atoms with van der Waals surface area (Å²) in [7, 11) is 0. The number of carbonyl (C=O) groups excluding carboxylic acids is 1. The average Bonchev–Trinajstić information content (AvgIpc) is 2.14. The van der Waals surface area contributed by atoms with Gasteiger partial charge in [-0.05, 0) is 0 Å². The Morgan fingerprint density at radius 2 is 2.00 bits per heavy atom. The first-order valence-electron chi connectivity index (χ1n) is 3.75. The van der Waals surface area contributed by atoms with Crippen molar-refractivity contribution in [1.29, 1.82) is 0 Å². The van der Waals surface area contributed by atoms with E-state index in [0.29, 0.717) is 6.08 Å². The van der Waals surface area contributed by atoms with Crippen LogP contribution in [-0.4, -0.2) is 34.2 Å². The molecule has 1 atom stereocenters. The summed E-state index contributed by atoms with van der Waals surface area (Å²) in [5.74, 6) is 1.08. The molecule has 0 spiro atoms. The fourth-order valence-electron chi connectivity index (χ4n) is 0.703. The minimum absolute atomic E-state index is 0.569. The van der Waals surface area contributed by atoms with E-state index in [4.69, 9.17) is 10.2 Å². The number of carboxylic acids is 2. The molecule has 0 aromatic carbocycles. The van der Waals surface area contributed by atoms with Gasteiger partial charge in [0.05, 0.1) is 6.42 Å². The molecule has 0 fully saturated rings. The number of nitrogens with one attached hydrogen (secondary N) is 1. The van der Waals surface area contributed by atoms with Crippen LogP contribution in [0.3, 0.4) is 0 Å².